The quantitative estimate of drug-likeness (QED) is 0.827. The van der Waals surface area contributed by atoms with Gasteiger partial charge < -0.3 is 15.0 Å². The van der Waals surface area contributed by atoms with E-state index in [4.69, 9.17) is 4.74 Å². The molecule has 0 radical (unpaired) electrons. The number of methoxy groups -OCH3 is 1. The van der Waals surface area contributed by atoms with Gasteiger partial charge in [0.15, 0.2) is 0 Å². The Labute approximate surface area is 125 Å². The van der Waals surface area contributed by atoms with Crippen LogP contribution in [0.15, 0.2) is 30.3 Å². The van der Waals surface area contributed by atoms with Crippen molar-refractivity contribution in [1.29, 1.82) is 0 Å². The molecular formula is C16H22N2O3. The molecule has 1 aromatic carbocycles. The molecule has 2 rings (SSSR count). The molecule has 0 aromatic heterocycles. The molecule has 0 bridgehead atoms. The number of hydrogen-bond acceptors (Lipinski definition) is 4. The van der Waals surface area contributed by atoms with Gasteiger partial charge in [-0.2, -0.15) is 0 Å². The molecule has 5 heteroatoms. The van der Waals surface area contributed by atoms with Crippen molar-refractivity contribution in [3.8, 4) is 0 Å². The van der Waals surface area contributed by atoms with Crippen LogP contribution < -0.4 is 5.32 Å². The van der Waals surface area contributed by atoms with Crippen LogP contribution in [-0.2, 0) is 14.3 Å². The van der Waals surface area contributed by atoms with E-state index in [1.165, 1.54) is 7.11 Å². The summed E-state index contributed by atoms with van der Waals surface area (Å²) in [6.45, 7) is 1.20. The fraction of sp³-hybridized carbons (Fsp3) is 0.500. The monoisotopic (exact) mass is 290 g/mol. The molecule has 1 saturated heterocycles. The molecule has 1 fully saturated rings. The normalized spacial score (nSPS) is 20.2. The number of nitrogens with zero attached hydrogens (tertiary/aromatic N) is 1. The summed E-state index contributed by atoms with van der Waals surface area (Å²) in [6.07, 6.45) is 1.37. The first-order valence-electron chi connectivity index (χ1n) is 7.22. The number of carbonyl (C=O) groups excluding carboxylic acids is 2. The van der Waals surface area contributed by atoms with Crippen LogP contribution >= 0.6 is 0 Å². The average Bonchev–Trinajstić information content (AvgIpc) is 2.51. The first-order valence-corrected chi connectivity index (χ1v) is 7.22. The lowest BCUT2D eigenvalue weighted by Gasteiger charge is -2.31. The van der Waals surface area contributed by atoms with E-state index in [1.807, 2.05) is 37.4 Å². The molecular weight excluding hydrogens is 268 g/mol. The molecule has 1 aliphatic rings. The topological polar surface area (TPSA) is 58.6 Å². The smallest absolute Gasteiger partial charge is 0.314 e. The summed E-state index contributed by atoms with van der Waals surface area (Å²) in [5, 5.41) is 3.39. The van der Waals surface area contributed by atoms with Crippen LogP contribution in [0.25, 0.3) is 0 Å². The third-order valence-corrected chi connectivity index (χ3v) is 3.92. The molecule has 1 N–H and O–H groups in total. The Morgan fingerprint density at radius 2 is 2.14 bits per heavy atom. The summed E-state index contributed by atoms with van der Waals surface area (Å²) in [5.41, 5.74) is 0.942. The van der Waals surface area contributed by atoms with Gasteiger partial charge >= 0.3 is 5.97 Å². The molecule has 21 heavy (non-hydrogen) atoms. The van der Waals surface area contributed by atoms with Gasteiger partial charge in [0.05, 0.1) is 13.0 Å². The van der Waals surface area contributed by atoms with E-state index in [9.17, 15) is 9.59 Å². The van der Waals surface area contributed by atoms with E-state index in [1.54, 1.807) is 4.90 Å². The molecule has 1 heterocycles. The highest BCUT2D eigenvalue weighted by Crippen LogP contribution is 2.17. The van der Waals surface area contributed by atoms with Gasteiger partial charge in [-0.05, 0) is 12.0 Å². The number of esters is 1. The van der Waals surface area contributed by atoms with Crippen LogP contribution in [0.1, 0.15) is 24.3 Å². The lowest BCUT2D eigenvalue weighted by Crippen LogP contribution is -2.48. The number of carbonyl (C=O) groups is 2. The lowest BCUT2D eigenvalue weighted by atomic mass is 9.98. The standard InChI is InChI=1S/C16H22N2O3/c1-18-11-13(8-9-15(18)19)17-10-14(16(20)21-2)12-6-4-3-5-7-12/h3-7,13-14,17H,8-11H2,1-2H3. The largest absolute Gasteiger partial charge is 0.469 e. The number of likely N-dealkylation sites (tertiary alicyclic amines) is 1. The molecule has 0 spiro atoms. The van der Waals surface area contributed by atoms with Crippen LogP contribution in [-0.4, -0.2) is 50.1 Å². The predicted molar refractivity (Wildman–Crippen MR) is 79.9 cm³/mol. The van der Waals surface area contributed by atoms with Crippen molar-refractivity contribution in [1.82, 2.24) is 10.2 Å². The number of rotatable bonds is 5. The van der Waals surface area contributed by atoms with Crippen molar-refractivity contribution in [3.05, 3.63) is 35.9 Å². The van der Waals surface area contributed by atoms with Crippen LogP contribution in [0.5, 0.6) is 0 Å². The highest BCUT2D eigenvalue weighted by Gasteiger charge is 2.26. The summed E-state index contributed by atoms with van der Waals surface area (Å²) in [4.78, 5) is 25.2. The Morgan fingerprint density at radius 3 is 2.76 bits per heavy atom. The van der Waals surface area contributed by atoms with E-state index in [2.05, 4.69) is 5.32 Å². The number of ether oxygens (including phenoxy) is 1. The highest BCUT2D eigenvalue weighted by molar-refractivity contribution is 5.78. The molecule has 5 nitrogen and oxygen atoms in total. The average molecular weight is 290 g/mol. The summed E-state index contributed by atoms with van der Waals surface area (Å²) in [7, 11) is 3.22. The van der Waals surface area contributed by atoms with Gasteiger partial charge in [-0.3, -0.25) is 9.59 Å². The number of nitrogens with one attached hydrogen (secondary N) is 1. The Kier molecular flexibility index (Phi) is 5.33. The third-order valence-electron chi connectivity index (χ3n) is 3.92. The van der Waals surface area contributed by atoms with E-state index < -0.39 is 0 Å². The van der Waals surface area contributed by atoms with Gasteiger partial charge in [-0.1, -0.05) is 30.3 Å². The Balaban J connectivity index is 1.97. The van der Waals surface area contributed by atoms with Gasteiger partial charge in [0, 0.05) is 32.6 Å². The molecule has 1 aromatic rings. The molecule has 114 valence electrons. The number of amides is 1. The molecule has 2 unspecified atom stereocenters. The van der Waals surface area contributed by atoms with Crippen LogP contribution in [0.2, 0.25) is 0 Å². The molecule has 1 amide bonds. The lowest BCUT2D eigenvalue weighted by molar-refractivity contribution is -0.142. The van der Waals surface area contributed by atoms with Gasteiger partial charge in [0.25, 0.3) is 0 Å². The zero-order chi connectivity index (χ0) is 15.2. The Hall–Kier alpha value is -1.88. The number of hydrogen-bond donors (Lipinski definition) is 1. The molecule has 1 aliphatic heterocycles. The summed E-state index contributed by atoms with van der Waals surface area (Å²) < 4.78 is 4.90. The van der Waals surface area contributed by atoms with E-state index in [0.717, 1.165) is 12.0 Å². The van der Waals surface area contributed by atoms with Crippen molar-refractivity contribution in [2.45, 2.75) is 24.8 Å². The van der Waals surface area contributed by atoms with Crippen LogP contribution in [0.3, 0.4) is 0 Å². The zero-order valence-electron chi connectivity index (χ0n) is 12.5. The minimum Gasteiger partial charge on any atom is -0.469 e. The summed E-state index contributed by atoms with van der Waals surface area (Å²) in [6, 6.07) is 9.84. The van der Waals surface area contributed by atoms with Crippen molar-refractivity contribution in [2.24, 2.45) is 0 Å². The van der Waals surface area contributed by atoms with Gasteiger partial charge in [-0.25, -0.2) is 0 Å². The van der Waals surface area contributed by atoms with Gasteiger partial charge in [0.2, 0.25) is 5.91 Å². The fourth-order valence-electron chi connectivity index (χ4n) is 2.63. The summed E-state index contributed by atoms with van der Waals surface area (Å²) >= 11 is 0. The second-order valence-corrected chi connectivity index (χ2v) is 5.40. The fourth-order valence-corrected chi connectivity index (χ4v) is 2.63. The maximum absolute atomic E-state index is 12.0. The Morgan fingerprint density at radius 1 is 1.43 bits per heavy atom. The zero-order valence-corrected chi connectivity index (χ0v) is 12.5. The van der Waals surface area contributed by atoms with Crippen LogP contribution in [0.4, 0.5) is 0 Å². The second-order valence-electron chi connectivity index (χ2n) is 5.40. The maximum atomic E-state index is 12.0. The third kappa shape index (κ3) is 4.04. The van der Waals surface area contributed by atoms with Gasteiger partial charge in [0.1, 0.15) is 0 Å². The first-order chi connectivity index (χ1) is 10.1. The van der Waals surface area contributed by atoms with Crippen LogP contribution in [0, 0.1) is 0 Å². The summed E-state index contributed by atoms with van der Waals surface area (Å²) in [5.74, 6) is -0.381. The minimum atomic E-state index is -0.320. The van der Waals surface area contributed by atoms with Crippen molar-refractivity contribution in [3.63, 3.8) is 0 Å². The number of piperidine rings is 1. The minimum absolute atomic E-state index is 0.181. The SMILES string of the molecule is COC(=O)C(CNC1CCC(=O)N(C)C1)c1ccccc1. The first kappa shape index (κ1) is 15.5. The number of likely N-dealkylation sites (N-methyl/N-ethyl adjacent to an activating group) is 1. The molecule has 2 atom stereocenters. The maximum Gasteiger partial charge on any atom is 0.314 e. The van der Waals surface area contributed by atoms with Gasteiger partial charge in [-0.15, -0.1) is 0 Å². The Bertz CT molecular complexity index is 490. The van der Waals surface area contributed by atoms with E-state index in [-0.39, 0.29) is 23.8 Å². The number of benzene rings is 1. The van der Waals surface area contributed by atoms with E-state index in [0.29, 0.717) is 19.5 Å². The van der Waals surface area contributed by atoms with Crippen molar-refractivity contribution >= 4 is 11.9 Å². The van der Waals surface area contributed by atoms with Crippen molar-refractivity contribution < 1.29 is 14.3 Å². The van der Waals surface area contributed by atoms with Crippen molar-refractivity contribution in [2.75, 3.05) is 27.2 Å². The van der Waals surface area contributed by atoms with E-state index >= 15 is 0 Å². The predicted octanol–water partition coefficient (Wildman–Crippen LogP) is 1.15. The second kappa shape index (κ2) is 7.22. The highest BCUT2D eigenvalue weighted by atomic mass is 16.5. The molecule has 0 aliphatic carbocycles. The molecule has 0 saturated carbocycles.